The van der Waals surface area contributed by atoms with Gasteiger partial charge in [-0.25, -0.2) is 5.43 Å². The van der Waals surface area contributed by atoms with Gasteiger partial charge in [0.05, 0.1) is 0 Å². The van der Waals surface area contributed by atoms with E-state index < -0.39 is 0 Å². The highest BCUT2D eigenvalue weighted by Gasteiger charge is 2.10. The monoisotopic (exact) mass is 286 g/mol. The molecule has 2 nitrogen and oxygen atoms in total. The van der Waals surface area contributed by atoms with Crippen molar-refractivity contribution in [3.8, 4) is 12.3 Å². The zero-order chi connectivity index (χ0) is 9.84. The number of hydrogen-bond acceptors (Lipinski definition) is 2. The third kappa shape index (κ3) is 2.21. The largest absolute Gasteiger partial charge is 0.270 e. The van der Waals surface area contributed by atoms with E-state index in [2.05, 4.69) is 46.9 Å². The summed E-state index contributed by atoms with van der Waals surface area (Å²) >= 11 is 2.28. The fourth-order valence-corrected chi connectivity index (χ4v) is 1.79. The second kappa shape index (κ2) is 4.61. The van der Waals surface area contributed by atoms with E-state index in [4.69, 9.17) is 12.3 Å². The number of hydrazine groups is 1. The van der Waals surface area contributed by atoms with Gasteiger partial charge in [-0.3, -0.25) is 5.84 Å². The minimum absolute atomic E-state index is 0.202. The molecular weight excluding hydrogens is 275 g/mol. The van der Waals surface area contributed by atoms with Gasteiger partial charge in [0.1, 0.15) is 6.04 Å². The molecule has 0 spiro atoms. The molecule has 68 valence electrons. The van der Waals surface area contributed by atoms with E-state index in [1.807, 2.05) is 12.1 Å². The SMILES string of the molecule is C#CC(NN)c1cccc(C)c1I. The van der Waals surface area contributed by atoms with Crippen molar-refractivity contribution in [3.63, 3.8) is 0 Å². The van der Waals surface area contributed by atoms with Crippen LogP contribution < -0.4 is 11.3 Å². The van der Waals surface area contributed by atoms with E-state index >= 15 is 0 Å². The van der Waals surface area contributed by atoms with Crippen LogP contribution in [0.2, 0.25) is 0 Å². The van der Waals surface area contributed by atoms with Crippen LogP contribution >= 0.6 is 22.6 Å². The highest BCUT2D eigenvalue weighted by Crippen LogP contribution is 2.21. The Morgan fingerprint density at radius 2 is 2.31 bits per heavy atom. The van der Waals surface area contributed by atoms with Crippen molar-refractivity contribution in [1.29, 1.82) is 0 Å². The molecule has 0 aliphatic heterocycles. The van der Waals surface area contributed by atoms with Crippen LogP contribution in [0.15, 0.2) is 18.2 Å². The summed E-state index contributed by atoms with van der Waals surface area (Å²) in [4.78, 5) is 0. The molecule has 13 heavy (non-hydrogen) atoms. The fraction of sp³-hybridized carbons (Fsp3) is 0.200. The summed E-state index contributed by atoms with van der Waals surface area (Å²) in [5.41, 5.74) is 4.87. The van der Waals surface area contributed by atoms with Crippen LogP contribution in [0.3, 0.4) is 0 Å². The fourth-order valence-electron chi connectivity index (χ4n) is 1.12. The van der Waals surface area contributed by atoms with Crippen molar-refractivity contribution in [2.24, 2.45) is 5.84 Å². The lowest BCUT2D eigenvalue weighted by atomic mass is 10.1. The van der Waals surface area contributed by atoms with Gasteiger partial charge in [-0.1, -0.05) is 24.1 Å². The minimum Gasteiger partial charge on any atom is -0.270 e. The van der Waals surface area contributed by atoms with Gasteiger partial charge in [0.15, 0.2) is 0 Å². The normalized spacial score (nSPS) is 12.2. The standard InChI is InChI=1S/C10H11IN2/c1-3-9(13-12)8-6-4-5-7(2)10(8)11/h1,4-6,9,13H,12H2,2H3. The molecule has 1 rings (SSSR count). The highest BCUT2D eigenvalue weighted by atomic mass is 127. The Bertz CT molecular complexity index is 341. The molecule has 0 radical (unpaired) electrons. The Kier molecular flexibility index (Phi) is 3.72. The topological polar surface area (TPSA) is 38.0 Å². The van der Waals surface area contributed by atoms with Crippen LogP contribution in [0, 0.1) is 22.8 Å². The van der Waals surface area contributed by atoms with Gasteiger partial charge in [-0.15, -0.1) is 6.42 Å². The van der Waals surface area contributed by atoms with Crippen molar-refractivity contribution < 1.29 is 0 Å². The molecule has 1 aromatic rings. The molecule has 0 heterocycles. The summed E-state index contributed by atoms with van der Waals surface area (Å²) < 4.78 is 1.17. The molecule has 3 heteroatoms. The zero-order valence-corrected chi connectivity index (χ0v) is 9.50. The van der Waals surface area contributed by atoms with E-state index in [1.165, 1.54) is 9.13 Å². The molecular formula is C10H11IN2. The lowest BCUT2D eigenvalue weighted by Crippen LogP contribution is -2.27. The van der Waals surface area contributed by atoms with E-state index in [1.54, 1.807) is 0 Å². The number of benzene rings is 1. The third-order valence-corrected chi connectivity index (χ3v) is 3.34. The van der Waals surface area contributed by atoms with Crippen LogP contribution in [0.4, 0.5) is 0 Å². The molecule has 0 amide bonds. The van der Waals surface area contributed by atoms with E-state index in [0.717, 1.165) is 5.56 Å². The predicted molar refractivity (Wildman–Crippen MR) is 62.8 cm³/mol. The summed E-state index contributed by atoms with van der Waals surface area (Å²) in [5.74, 6) is 7.93. The maximum Gasteiger partial charge on any atom is 0.107 e. The van der Waals surface area contributed by atoms with Crippen molar-refractivity contribution >= 4 is 22.6 Å². The Hall–Kier alpha value is -0.570. The van der Waals surface area contributed by atoms with Gasteiger partial charge in [0, 0.05) is 3.57 Å². The Morgan fingerprint density at radius 1 is 1.62 bits per heavy atom. The molecule has 0 aromatic heterocycles. The number of terminal acetylenes is 1. The van der Waals surface area contributed by atoms with Crippen LogP contribution in [0.25, 0.3) is 0 Å². The zero-order valence-electron chi connectivity index (χ0n) is 7.34. The molecule has 0 aliphatic carbocycles. The average molecular weight is 286 g/mol. The van der Waals surface area contributed by atoms with Crippen molar-refractivity contribution in [1.82, 2.24) is 5.43 Å². The van der Waals surface area contributed by atoms with Gasteiger partial charge in [0.2, 0.25) is 0 Å². The summed E-state index contributed by atoms with van der Waals surface area (Å²) in [7, 11) is 0. The smallest absolute Gasteiger partial charge is 0.107 e. The van der Waals surface area contributed by atoms with Gasteiger partial charge in [0.25, 0.3) is 0 Å². The minimum atomic E-state index is -0.202. The van der Waals surface area contributed by atoms with Gasteiger partial charge >= 0.3 is 0 Å². The number of nitrogens with two attached hydrogens (primary N) is 1. The molecule has 1 aromatic carbocycles. The highest BCUT2D eigenvalue weighted by molar-refractivity contribution is 14.1. The van der Waals surface area contributed by atoms with Crippen LogP contribution in [-0.4, -0.2) is 0 Å². The summed E-state index contributed by atoms with van der Waals surface area (Å²) in [6.07, 6.45) is 5.34. The van der Waals surface area contributed by atoms with Crippen molar-refractivity contribution in [2.45, 2.75) is 13.0 Å². The van der Waals surface area contributed by atoms with Gasteiger partial charge < -0.3 is 0 Å². The van der Waals surface area contributed by atoms with E-state index in [-0.39, 0.29) is 6.04 Å². The Labute approximate surface area is 92.0 Å². The molecule has 0 saturated heterocycles. The number of hydrogen-bond donors (Lipinski definition) is 2. The first-order chi connectivity index (χ1) is 6.20. The third-order valence-electron chi connectivity index (χ3n) is 1.87. The second-order valence-electron chi connectivity index (χ2n) is 2.74. The van der Waals surface area contributed by atoms with Crippen molar-refractivity contribution in [2.75, 3.05) is 0 Å². The van der Waals surface area contributed by atoms with Gasteiger partial charge in [-0.05, 0) is 40.6 Å². The van der Waals surface area contributed by atoms with Crippen LogP contribution in [0.5, 0.6) is 0 Å². The van der Waals surface area contributed by atoms with Crippen LogP contribution in [0.1, 0.15) is 17.2 Å². The first-order valence-electron chi connectivity index (χ1n) is 3.88. The van der Waals surface area contributed by atoms with Crippen LogP contribution in [-0.2, 0) is 0 Å². The number of halogens is 1. The maximum absolute atomic E-state index is 5.34. The number of nitrogens with one attached hydrogen (secondary N) is 1. The number of aryl methyl sites for hydroxylation is 1. The number of rotatable bonds is 2. The van der Waals surface area contributed by atoms with E-state index in [0.29, 0.717) is 0 Å². The molecule has 1 atom stereocenters. The molecule has 0 saturated carbocycles. The quantitative estimate of drug-likeness (QED) is 0.376. The Morgan fingerprint density at radius 3 is 2.85 bits per heavy atom. The average Bonchev–Trinajstić information content (AvgIpc) is 2.14. The second-order valence-corrected chi connectivity index (χ2v) is 3.82. The predicted octanol–water partition coefficient (Wildman–Crippen LogP) is 1.74. The van der Waals surface area contributed by atoms with E-state index in [9.17, 15) is 0 Å². The van der Waals surface area contributed by atoms with Crippen molar-refractivity contribution in [3.05, 3.63) is 32.9 Å². The summed E-state index contributed by atoms with van der Waals surface area (Å²) in [5, 5.41) is 0. The van der Waals surface area contributed by atoms with Gasteiger partial charge in [-0.2, -0.15) is 0 Å². The molecule has 3 N–H and O–H groups in total. The summed E-state index contributed by atoms with van der Waals surface area (Å²) in [6.45, 7) is 2.05. The molecule has 0 bridgehead atoms. The summed E-state index contributed by atoms with van der Waals surface area (Å²) in [6, 6.07) is 5.81. The maximum atomic E-state index is 5.34. The molecule has 1 unspecified atom stereocenters. The first-order valence-corrected chi connectivity index (χ1v) is 4.96. The lowest BCUT2D eigenvalue weighted by Gasteiger charge is -2.12. The lowest BCUT2D eigenvalue weighted by molar-refractivity contribution is 0.670. The molecule has 0 fully saturated rings. The molecule has 0 aliphatic rings. The first kappa shape index (κ1) is 10.5. The Balaban J connectivity index is 3.15.